The molecule has 1 atom stereocenters. The van der Waals surface area contributed by atoms with Gasteiger partial charge >= 0.3 is 0 Å². The molecule has 0 bridgehead atoms. The molecule has 0 aromatic heterocycles. The van der Waals surface area contributed by atoms with Crippen LogP contribution < -0.4 is 0 Å². The lowest BCUT2D eigenvalue weighted by molar-refractivity contribution is 0.0746. The third-order valence-electron chi connectivity index (χ3n) is 2.59. The van der Waals surface area contributed by atoms with E-state index in [0.29, 0.717) is 0 Å². The van der Waals surface area contributed by atoms with Crippen molar-refractivity contribution in [1.82, 2.24) is 4.90 Å². The summed E-state index contributed by atoms with van der Waals surface area (Å²) in [5, 5.41) is 27.0. The number of phenols is 2. The first kappa shape index (κ1) is 12.8. The molecule has 1 rings (SSSR count). The number of aromatic hydroxyl groups is 2. The van der Waals surface area contributed by atoms with E-state index < -0.39 is 0 Å². The lowest BCUT2D eigenvalue weighted by Gasteiger charge is -2.23. The summed E-state index contributed by atoms with van der Waals surface area (Å²) >= 11 is 0. The van der Waals surface area contributed by atoms with Crippen LogP contribution >= 0.6 is 0 Å². The van der Waals surface area contributed by atoms with Crippen molar-refractivity contribution in [3.05, 3.63) is 23.8 Å². The summed E-state index contributed by atoms with van der Waals surface area (Å²) in [5.41, 5.74) is 0.271. The fourth-order valence-corrected chi connectivity index (χ4v) is 1.33. The van der Waals surface area contributed by atoms with Crippen LogP contribution in [0.2, 0.25) is 0 Å². The van der Waals surface area contributed by atoms with Crippen molar-refractivity contribution in [2.75, 3.05) is 7.05 Å². The highest BCUT2D eigenvalue weighted by molar-refractivity contribution is 5.94. The maximum absolute atomic E-state index is 11.9. The Hall–Kier alpha value is -2.22. The highest BCUT2D eigenvalue weighted by Gasteiger charge is 2.18. The van der Waals surface area contributed by atoms with Gasteiger partial charge < -0.3 is 15.1 Å². The lowest BCUT2D eigenvalue weighted by atomic mass is 10.1. The van der Waals surface area contributed by atoms with Gasteiger partial charge in [0, 0.05) is 18.7 Å². The number of amides is 1. The van der Waals surface area contributed by atoms with E-state index in [-0.39, 0.29) is 35.4 Å². The fraction of sp³-hybridized carbons (Fsp3) is 0.333. The van der Waals surface area contributed by atoms with Gasteiger partial charge in [0.1, 0.15) is 0 Å². The van der Waals surface area contributed by atoms with Gasteiger partial charge in [-0.05, 0) is 25.1 Å². The summed E-state index contributed by atoms with van der Waals surface area (Å²) in [6.07, 6.45) is 0.242. The smallest absolute Gasteiger partial charge is 0.254 e. The Morgan fingerprint density at radius 2 is 2.12 bits per heavy atom. The fourth-order valence-electron chi connectivity index (χ4n) is 1.33. The van der Waals surface area contributed by atoms with E-state index in [9.17, 15) is 9.90 Å². The second-order valence-electron chi connectivity index (χ2n) is 3.83. The van der Waals surface area contributed by atoms with Gasteiger partial charge in [0.15, 0.2) is 11.5 Å². The monoisotopic (exact) mass is 234 g/mol. The molecule has 5 heteroatoms. The Labute approximate surface area is 99.5 Å². The molecule has 0 saturated carbocycles. The predicted octanol–water partition coefficient (Wildman–Crippen LogP) is 1.47. The molecule has 90 valence electrons. The zero-order chi connectivity index (χ0) is 13.0. The van der Waals surface area contributed by atoms with Gasteiger partial charge in [-0.1, -0.05) is 0 Å². The molecule has 0 spiro atoms. The molecule has 0 saturated heterocycles. The second-order valence-corrected chi connectivity index (χ2v) is 3.83. The second kappa shape index (κ2) is 5.21. The first-order chi connectivity index (χ1) is 7.97. The van der Waals surface area contributed by atoms with Crippen LogP contribution in [0.5, 0.6) is 11.5 Å². The van der Waals surface area contributed by atoms with Crippen molar-refractivity contribution < 1.29 is 15.0 Å². The number of phenolic OH excluding ortho intramolecular Hbond substituents is 2. The van der Waals surface area contributed by atoms with E-state index in [4.69, 9.17) is 10.4 Å². The molecule has 1 aromatic rings. The van der Waals surface area contributed by atoms with E-state index in [1.165, 1.54) is 23.1 Å². The van der Waals surface area contributed by atoms with Crippen LogP contribution in [0, 0.1) is 11.3 Å². The molecule has 0 radical (unpaired) electrons. The zero-order valence-electron chi connectivity index (χ0n) is 9.71. The minimum atomic E-state index is -0.336. The molecular formula is C12H14N2O3. The molecule has 1 unspecified atom stereocenters. The summed E-state index contributed by atoms with van der Waals surface area (Å²) in [6, 6.07) is 5.67. The molecule has 17 heavy (non-hydrogen) atoms. The summed E-state index contributed by atoms with van der Waals surface area (Å²) in [5.74, 6) is -0.908. The average molecular weight is 234 g/mol. The maximum Gasteiger partial charge on any atom is 0.254 e. The van der Waals surface area contributed by atoms with Crippen LogP contribution in [0.1, 0.15) is 23.7 Å². The first-order valence-electron chi connectivity index (χ1n) is 5.13. The molecule has 1 aromatic carbocycles. The number of carbonyl (C=O) groups is 1. The highest BCUT2D eigenvalue weighted by Crippen LogP contribution is 2.25. The van der Waals surface area contributed by atoms with E-state index >= 15 is 0 Å². The quantitative estimate of drug-likeness (QED) is 0.775. The van der Waals surface area contributed by atoms with Gasteiger partial charge in [0.2, 0.25) is 0 Å². The normalized spacial score (nSPS) is 11.6. The van der Waals surface area contributed by atoms with Crippen molar-refractivity contribution in [2.45, 2.75) is 19.4 Å². The van der Waals surface area contributed by atoms with Gasteiger partial charge in [-0.25, -0.2) is 0 Å². The number of carbonyl (C=O) groups excluding carboxylic acids is 1. The third-order valence-corrected chi connectivity index (χ3v) is 2.59. The van der Waals surface area contributed by atoms with Crippen molar-refractivity contribution in [1.29, 1.82) is 5.26 Å². The van der Waals surface area contributed by atoms with E-state index in [0.717, 1.165) is 0 Å². The summed E-state index contributed by atoms with van der Waals surface area (Å²) in [7, 11) is 1.59. The average Bonchev–Trinajstić information content (AvgIpc) is 2.31. The Balaban J connectivity index is 2.89. The van der Waals surface area contributed by atoms with Crippen LogP contribution in [0.3, 0.4) is 0 Å². The van der Waals surface area contributed by atoms with Gasteiger partial charge in [-0.3, -0.25) is 4.79 Å². The molecule has 1 amide bonds. The Bertz CT molecular complexity index is 465. The summed E-state index contributed by atoms with van der Waals surface area (Å²) in [6.45, 7) is 1.77. The third kappa shape index (κ3) is 2.88. The Morgan fingerprint density at radius 3 is 2.65 bits per heavy atom. The van der Waals surface area contributed by atoms with Gasteiger partial charge in [0.05, 0.1) is 12.5 Å². The van der Waals surface area contributed by atoms with Crippen LogP contribution in [-0.4, -0.2) is 34.1 Å². The summed E-state index contributed by atoms with van der Waals surface area (Å²) < 4.78 is 0. The molecule has 0 fully saturated rings. The largest absolute Gasteiger partial charge is 0.504 e. The minimum absolute atomic E-state index is 0.205. The number of benzene rings is 1. The molecule has 0 heterocycles. The van der Waals surface area contributed by atoms with Crippen LogP contribution in [-0.2, 0) is 0 Å². The molecule has 0 aliphatic carbocycles. The number of nitrogens with zero attached hydrogens (tertiary/aromatic N) is 2. The van der Waals surface area contributed by atoms with Crippen LogP contribution in [0.4, 0.5) is 0 Å². The Morgan fingerprint density at radius 1 is 1.47 bits per heavy atom. The van der Waals surface area contributed by atoms with Crippen LogP contribution in [0.15, 0.2) is 18.2 Å². The van der Waals surface area contributed by atoms with Crippen molar-refractivity contribution in [2.24, 2.45) is 0 Å². The number of hydrogen-bond acceptors (Lipinski definition) is 4. The Kier molecular flexibility index (Phi) is 3.94. The number of hydrogen-bond donors (Lipinski definition) is 2. The molecule has 5 nitrogen and oxygen atoms in total. The van der Waals surface area contributed by atoms with E-state index in [1.807, 2.05) is 6.07 Å². The van der Waals surface area contributed by atoms with Gasteiger partial charge in [-0.15, -0.1) is 0 Å². The maximum atomic E-state index is 11.9. The van der Waals surface area contributed by atoms with Crippen molar-refractivity contribution in [3.63, 3.8) is 0 Å². The number of nitriles is 1. The minimum Gasteiger partial charge on any atom is -0.504 e. The number of rotatable bonds is 3. The standard InChI is InChI=1S/C12H14N2O3/c1-8(5-6-13)14(2)12(17)9-3-4-10(15)11(16)7-9/h3-4,7-8,15-16H,5H2,1-2H3. The highest BCUT2D eigenvalue weighted by atomic mass is 16.3. The molecule has 0 aliphatic rings. The van der Waals surface area contributed by atoms with Gasteiger partial charge in [-0.2, -0.15) is 5.26 Å². The zero-order valence-corrected chi connectivity index (χ0v) is 9.71. The molecular weight excluding hydrogens is 220 g/mol. The van der Waals surface area contributed by atoms with E-state index in [2.05, 4.69) is 0 Å². The van der Waals surface area contributed by atoms with Crippen molar-refractivity contribution >= 4 is 5.91 Å². The topological polar surface area (TPSA) is 84.6 Å². The van der Waals surface area contributed by atoms with E-state index in [1.54, 1.807) is 14.0 Å². The van der Waals surface area contributed by atoms with Crippen molar-refractivity contribution in [3.8, 4) is 17.6 Å². The predicted molar refractivity (Wildman–Crippen MR) is 61.6 cm³/mol. The lowest BCUT2D eigenvalue weighted by Crippen LogP contribution is -2.34. The SMILES string of the molecule is CC(CC#N)N(C)C(=O)c1ccc(O)c(O)c1. The van der Waals surface area contributed by atoms with Crippen LogP contribution in [0.25, 0.3) is 0 Å². The van der Waals surface area contributed by atoms with Gasteiger partial charge in [0.25, 0.3) is 5.91 Å². The summed E-state index contributed by atoms with van der Waals surface area (Å²) in [4.78, 5) is 13.4. The molecule has 0 aliphatic heterocycles. The first-order valence-corrected chi connectivity index (χ1v) is 5.13. The molecule has 2 N–H and O–H groups in total.